The van der Waals surface area contributed by atoms with Crippen molar-refractivity contribution < 1.29 is 13.2 Å². The van der Waals surface area contributed by atoms with Crippen LogP contribution >= 0.6 is 15.9 Å². The summed E-state index contributed by atoms with van der Waals surface area (Å²) in [4.78, 5) is 1.48. The van der Waals surface area contributed by atoms with E-state index in [0.29, 0.717) is 5.69 Å². The third-order valence-corrected chi connectivity index (χ3v) is 1.70. The molecule has 0 radical (unpaired) electrons. The van der Waals surface area contributed by atoms with Gasteiger partial charge in [-0.3, -0.25) is 4.68 Å². The number of nitrogens with zero attached hydrogens (tertiary/aromatic N) is 2. The van der Waals surface area contributed by atoms with E-state index in [4.69, 9.17) is 0 Å². The second-order valence-corrected chi connectivity index (χ2v) is 2.90. The van der Waals surface area contributed by atoms with Gasteiger partial charge in [0.15, 0.2) is 5.69 Å². The van der Waals surface area contributed by atoms with Gasteiger partial charge in [0.2, 0.25) is 0 Å². The number of aromatic nitrogens is 2. The average molecular weight is 255 g/mol. The van der Waals surface area contributed by atoms with Gasteiger partial charge >= 0.3 is 6.18 Å². The van der Waals surface area contributed by atoms with Crippen molar-refractivity contribution in [3.05, 3.63) is 22.4 Å². The highest BCUT2D eigenvalue weighted by atomic mass is 79.9. The van der Waals surface area contributed by atoms with E-state index in [1.54, 1.807) is 0 Å². The molecular formula is C7H6BrF3N2. The van der Waals surface area contributed by atoms with E-state index in [0.717, 1.165) is 6.07 Å². The first kappa shape index (κ1) is 10.3. The number of hydrogen-bond donors (Lipinski definition) is 0. The Hall–Kier alpha value is -0.780. The maximum atomic E-state index is 12.1. The predicted octanol–water partition coefficient (Wildman–Crippen LogP) is 2.80. The topological polar surface area (TPSA) is 17.8 Å². The molecule has 1 aromatic heterocycles. The zero-order valence-electron chi connectivity index (χ0n) is 6.64. The predicted molar refractivity (Wildman–Crippen MR) is 46.2 cm³/mol. The Bertz CT molecular complexity index is 327. The van der Waals surface area contributed by atoms with Crippen LogP contribution in [0.2, 0.25) is 0 Å². The second kappa shape index (κ2) is 3.53. The number of alkyl halides is 3. The molecule has 0 aliphatic heterocycles. The van der Waals surface area contributed by atoms with Gasteiger partial charge in [-0.05, 0) is 17.1 Å². The van der Waals surface area contributed by atoms with Crippen molar-refractivity contribution in [2.75, 3.05) is 0 Å². The van der Waals surface area contributed by atoms with Crippen molar-refractivity contribution in [2.24, 2.45) is 7.05 Å². The van der Waals surface area contributed by atoms with E-state index in [9.17, 15) is 13.2 Å². The summed E-state index contributed by atoms with van der Waals surface area (Å²) < 4.78 is 37.5. The van der Waals surface area contributed by atoms with Gasteiger partial charge in [0.25, 0.3) is 0 Å². The van der Waals surface area contributed by atoms with E-state index in [2.05, 4.69) is 21.0 Å². The summed E-state index contributed by atoms with van der Waals surface area (Å²) in [6.45, 7) is 0. The summed E-state index contributed by atoms with van der Waals surface area (Å²) in [5, 5.41) is 3.32. The maximum Gasteiger partial charge on any atom is 0.435 e. The summed E-state index contributed by atoms with van der Waals surface area (Å²) in [7, 11) is 1.46. The molecule has 0 aliphatic rings. The van der Waals surface area contributed by atoms with Gasteiger partial charge in [-0.2, -0.15) is 18.3 Å². The molecule has 0 atom stereocenters. The average Bonchev–Trinajstić information content (AvgIpc) is 2.32. The highest BCUT2D eigenvalue weighted by Crippen LogP contribution is 2.28. The lowest BCUT2D eigenvalue weighted by Crippen LogP contribution is -2.06. The molecule has 0 saturated heterocycles. The van der Waals surface area contributed by atoms with Gasteiger partial charge in [0.05, 0.1) is 5.69 Å². The largest absolute Gasteiger partial charge is 0.435 e. The van der Waals surface area contributed by atoms with Crippen LogP contribution < -0.4 is 0 Å². The Kier molecular flexibility index (Phi) is 2.80. The standard InChI is InChI=1S/C7H6BrF3N2/c1-13-5(2-3-8)4-6(12-13)7(9,10)11/h2-4H,1H3/b3-2+. The molecule has 1 heterocycles. The summed E-state index contributed by atoms with van der Waals surface area (Å²) in [5.74, 6) is 0. The van der Waals surface area contributed by atoms with Crippen LogP contribution in [0.25, 0.3) is 6.08 Å². The van der Waals surface area contributed by atoms with Crippen LogP contribution in [0.1, 0.15) is 11.4 Å². The van der Waals surface area contributed by atoms with E-state index in [1.165, 1.54) is 22.8 Å². The molecule has 0 bridgehead atoms. The summed E-state index contributed by atoms with van der Waals surface area (Å²) in [6.07, 6.45) is -2.89. The third kappa shape index (κ3) is 2.33. The summed E-state index contributed by atoms with van der Waals surface area (Å²) in [5.41, 5.74) is -0.486. The molecule has 13 heavy (non-hydrogen) atoms. The van der Waals surface area contributed by atoms with Crippen molar-refractivity contribution in [3.8, 4) is 0 Å². The molecular weight excluding hydrogens is 249 g/mol. The molecule has 0 amide bonds. The maximum absolute atomic E-state index is 12.1. The van der Waals surface area contributed by atoms with Gasteiger partial charge in [-0.15, -0.1) is 0 Å². The summed E-state index contributed by atoms with van der Waals surface area (Å²) >= 11 is 2.98. The fourth-order valence-corrected chi connectivity index (χ4v) is 1.11. The van der Waals surface area contributed by atoms with Crippen LogP contribution in [0.5, 0.6) is 0 Å². The Morgan fingerprint density at radius 3 is 2.54 bits per heavy atom. The van der Waals surface area contributed by atoms with Crippen molar-refractivity contribution in [1.82, 2.24) is 9.78 Å². The van der Waals surface area contributed by atoms with Gasteiger partial charge in [0, 0.05) is 7.05 Å². The molecule has 72 valence electrons. The second-order valence-electron chi connectivity index (χ2n) is 2.37. The third-order valence-electron chi connectivity index (χ3n) is 1.44. The Morgan fingerprint density at radius 1 is 1.54 bits per heavy atom. The SMILES string of the molecule is Cn1nc(C(F)(F)F)cc1/C=C/Br. The Balaban J connectivity index is 3.09. The van der Waals surface area contributed by atoms with Crippen molar-refractivity contribution in [3.63, 3.8) is 0 Å². The molecule has 6 heteroatoms. The lowest BCUT2D eigenvalue weighted by molar-refractivity contribution is -0.141. The van der Waals surface area contributed by atoms with Crippen LogP contribution in [0.4, 0.5) is 13.2 Å². The molecule has 1 aromatic rings. The van der Waals surface area contributed by atoms with E-state index < -0.39 is 11.9 Å². The normalized spacial score (nSPS) is 12.7. The van der Waals surface area contributed by atoms with Crippen LogP contribution in [-0.2, 0) is 13.2 Å². The lowest BCUT2D eigenvalue weighted by atomic mass is 10.3. The Morgan fingerprint density at radius 2 is 2.15 bits per heavy atom. The van der Waals surface area contributed by atoms with E-state index in [1.807, 2.05) is 0 Å². The first-order valence-corrected chi connectivity index (χ1v) is 4.24. The zero-order chi connectivity index (χ0) is 10.1. The zero-order valence-corrected chi connectivity index (χ0v) is 8.22. The molecule has 0 saturated carbocycles. The first-order chi connectivity index (χ1) is 5.95. The van der Waals surface area contributed by atoms with Crippen LogP contribution in [0.15, 0.2) is 11.1 Å². The molecule has 0 unspecified atom stereocenters. The minimum atomic E-state index is -4.38. The summed E-state index contributed by atoms with van der Waals surface area (Å²) in [6, 6.07) is 0.984. The van der Waals surface area contributed by atoms with Crippen LogP contribution in [0.3, 0.4) is 0 Å². The highest BCUT2D eigenvalue weighted by Gasteiger charge is 2.34. The van der Waals surface area contributed by atoms with Crippen LogP contribution in [-0.4, -0.2) is 9.78 Å². The lowest BCUT2D eigenvalue weighted by Gasteiger charge is -1.98. The Labute approximate surface area is 81.2 Å². The molecule has 0 aromatic carbocycles. The van der Waals surface area contributed by atoms with E-state index in [-0.39, 0.29) is 0 Å². The molecule has 0 N–H and O–H groups in total. The van der Waals surface area contributed by atoms with Gasteiger partial charge in [0.1, 0.15) is 0 Å². The number of hydrogen-bond acceptors (Lipinski definition) is 1. The number of halogens is 4. The van der Waals surface area contributed by atoms with Gasteiger partial charge < -0.3 is 0 Å². The van der Waals surface area contributed by atoms with Crippen molar-refractivity contribution in [2.45, 2.75) is 6.18 Å². The number of rotatable bonds is 1. The van der Waals surface area contributed by atoms with Crippen molar-refractivity contribution in [1.29, 1.82) is 0 Å². The molecule has 2 nitrogen and oxygen atoms in total. The fourth-order valence-electron chi connectivity index (χ4n) is 0.841. The quantitative estimate of drug-likeness (QED) is 0.754. The minimum absolute atomic E-state index is 0.393. The molecule has 0 aliphatic carbocycles. The molecule has 0 spiro atoms. The van der Waals surface area contributed by atoms with Crippen LogP contribution in [0, 0.1) is 0 Å². The van der Waals surface area contributed by atoms with Gasteiger partial charge in [-0.25, -0.2) is 0 Å². The smallest absolute Gasteiger partial charge is 0.268 e. The van der Waals surface area contributed by atoms with Crippen molar-refractivity contribution >= 4 is 22.0 Å². The number of aryl methyl sites for hydroxylation is 1. The molecule has 0 fully saturated rings. The fraction of sp³-hybridized carbons (Fsp3) is 0.286. The highest BCUT2D eigenvalue weighted by molar-refractivity contribution is 9.11. The molecule has 1 rings (SSSR count). The minimum Gasteiger partial charge on any atom is -0.268 e. The first-order valence-electron chi connectivity index (χ1n) is 3.33. The van der Waals surface area contributed by atoms with Gasteiger partial charge in [-0.1, -0.05) is 15.9 Å². The monoisotopic (exact) mass is 254 g/mol. The van der Waals surface area contributed by atoms with E-state index >= 15 is 0 Å².